The standard InChI is InChI=1S/C12H16N2O/c1-7(2)8(3)9-4-5-11-10(6-9)14-12(13)15-11/h4-8H,1-3H3,(H2,13,14). The smallest absolute Gasteiger partial charge is 0.292 e. The molecular weight excluding hydrogens is 188 g/mol. The van der Waals surface area contributed by atoms with Gasteiger partial charge in [-0.3, -0.25) is 0 Å². The van der Waals surface area contributed by atoms with Gasteiger partial charge in [-0.2, -0.15) is 4.98 Å². The lowest BCUT2D eigenvalue weighted by molar-refractivity contribution is 0.535. The first-order valence-electron chi connectivity index (χ1n) is 5.24. The number of nitrogens with zero attached hydrogens (tertiary/aromatic N) is 1. The van der Waals surface area contributed by atoms with Crippen molar-refractivity contribution >= 4 is 17.1 Å². The van der Waals surface area contributed by atoms with Crippen LogP contribution in [0.4, 0.5) is 6.01 Å². The Balaban J connectivity index is 2.46. The molecule has 15 heavy (non-hydrogen) atoms. The minimum absolute atomic E-state index is 0.236. The summed E-state index contributed by atoms with van der Waals surface area (Å²) in [5, 5.41) is 0. The predicted octanol–water partition coefficient (Wildman–Crippen LogP) is 3.17. The van der Waals surface area contributed by atoms with Gasteiger partial charge in [0, 0.05) is 0 Å². The fourth-order valence-electron chi connectivity index (χ4n) is 1.63. The zero-order valence-electron chi connectivity index (χ0n) is 9.32. The van der Waals surface area contributed by atoms with E-state index in [1.807, 2.05) is 6.07 Å². The van der Waals surface area contributed by atoms with Crippen LogP contribution in [0.15, 0.2) is 22.6 Å². The van der Waals surface area contributed by atoms with Crippen LogP contribution in [0.1, 0.15) is 32.3 Å². The van der Waals surface area contributed by atoms with E-state index in [4.69, 9.17) is 10.2 Å². The average Bonchev–Trinajstić information content (AvgIpc) is 2.55. The Bertz CT molecular complexity index is 473. The van der Waals surface area contributed by atoms with Crippen molar-refractivity contribution in [1.29, 1.82) is 0 Å². The van der Waals surface area contributed by atoms with Gasteiger partial charge in [0.05, 0.1) is 0 Å². The van der Waals surface area contributed by atoms with Crippen molar-refractivity contribution in [2.45, 2.75) is 26.7 Å². The minimum Gasteiger partial charge on any atom is -0.424 e. The number of nitrogen functional groups attached to an aromatic ring is 1. The van der Waals surface area contributed by atoms with Crippen molar-refractivity contribution in [2.24, 2.45) is 5.92 Å². The number of rotatable bonds is 2. The SMILES string of the molecule is CC(C)C(C)c1ccc2oc(N)nc2c1. The molecule has 0 amide bonds. The van der Waals surface area contributed by atoms with Gasteiger partial charge in [0.15, 0.2) is 5.58 Å². The number of hydrogen-bond acceptors (Lipinski definition) is 3. The number of oxazole rings is 1. The van der Waals surface area contributed by atoms with Crippen LogP contribution >= 0.6 is 0 Å². The second-order valence-electron chi connectivity index (χ2n) is 4.31. The van der Waals surface area contributed by atoms with Crippen LogP contribution in [0.2, 0.25) is 0 Å². The van der Waals surface area contributed by atoms with Crippen LogP contribution in [0.3, 0.4) is 0 Å². The lowest BCUT2D eigenvalue weighted by Gasteiger charge is -2.15. The molecule has 1 aromatic heterocycles. The minimum atomic E-state index is 0.236. The van der Waals surface area contributed by atoms with Crippen LogP contribution in [0.25, 0.3) is 11.1 Å². The molecule has 0 saturated carbocycles. The van der Waals surface area contributed by atoms with Crippen molar-refractivity contribution in [2.75, 3.05) is 5.73 Å². The lowest BCUT2D eigenvalue weighted by Crippen LogP contribution is -2.01. The molecule has 1 aromatic carbocycles. The Morgan fingerprint density at radius 1 is 1.27 bits per heavy atom. The number of hydrogen-bond donors (Lipinski definition) is 1. The maximum absolute atomic E-state index is 5.50. The molecular formula is C12H16N2O. The summed E-state index contributed by atoms with van der Waals surface area (Å²) < 4.78 is 5.23. The molecule has 0 aliphatic carbocycles. The summed E-state index contributed by atoms with van der Waals surface area (Å²) in [5.41, 5.74) is 8.38. The topological polar surface area (TPSA) is 52.0 Å². The summed E-state index contributed by atoms with van der Waals surface area (Å²) in [6.45, 7) is 6.65. The highest BCUT2D eigenvalue weighted by Gasteiger charge is 2.11. The molecule has 1 atom stereocenters. The van der Waals surface area contributed by atoms with Crippen molar-refractivity contribution in [3.05, 3.63) is 23.8 Å². The van der Waals surface area contributed by atoms with Crippen molar-refractivity contribution in [1.82, 2.24) is 4.98 Å². The van der Waals surface area contributed by atoms with E-state index in [-0.39, 0.29) is 6.01 Å². The number of aromatic nitrogens is 1. The van der Waals surface area contributed by atoms with Gasteiger partial charge in [0.25, 0.3) is 6.01 Å². The first kappa shape index (κ1) is 10.0. The van der Waals surface area contributed by atoms with Gasteiger partial charge >= 0.3 is 0 Å². The number of benzene rings is 1. The Kier molecular flexibility index (Phi) is 2.39. The Labute approximate surface area is 89.3 Å². The normalized spacial score (nSPS) is 13.6. The van der Waals surface area contributed by atoms with E-state index in [0.29, 0.717) is 11.8 Å². The third-order valence-corrected chi connectivity index (χ3v) is 2.95. The van der Waals surface area contributed by atoms with E-state index >= 15 is 0 Å². The van der Waals surface area contributed by atoms with Gasteiger partial charge in [-0.25, -0.2) is 0 Å². The van der Waals surface area contributed by atoms with Crippen LogP contribution < -0.4 is 5.73 Å². The van der Waals surface area contributed by atoms with E-state index in [2.05, 4.69) is 37.9 Å². The van der Waals surface area contributed by atoms with E-state index in [1.54, 1.807) is 0 Å². The Morgan fingerprint density at radius 3 is 2.67 bits per heavy atom. The van der Waals surface area contributed by atoms with Gasteiger partial charge in [-0.05, 0) is 29.5 Å². The summed E-state index contributed by atoms with van der Waals surface area (Å²) in [4.78, 5) is 4.13. The quantitative estimate of drug-likeness (QED) is 0.817. The average molecular weight is 204 g/mol. The highest BCUT2D eigenvalue weighted by molar-refractivity contribution is 5.75. The molecule has 0 spiro atoms. The molecule has 0 bridgehead atoms. The molecule has 2 N–H and O–H groups in total. The Morgan fingerprint density at radius 2 is 2.00 bits per heavy atom. The number of anilines is 1. The third-order valence-electron chi connectivity index (χ3n) is 2.95. The van der Waals surface area contributed by atoms with Gasteiger partial charge in [0.2, 0.25) is 0 Å². The van der Waals surface area contributed by atoms with Gasteiger partial charge in [-0.1, -0.05) is 26.8 Å². The molecule has 80 valence electrons. The molecule has 3 heteroatoms. The second-order valence-corrected chi connectivity index (χ2v) is 4.31. The first-order chi connectivity index (χ1) is 7.08. The first-order valence-corrected chi connectivity index (χ1v) is 5.24. The lowest BCUT2D eigenvalue weighted by atomic mass is 9.90. The summed E-state index contributed by atoms with van der Waals surface area (Å²) in [6, 6.07) is 6.31. The summed E-state index contributed by atoms with van der Waals surface area (Å²) in [6.07, 6.45) is 0. The molecule has 0 fully saturated rings. The van der Waals surface area contributed by atoms with Gasteiger partial charge < -0.3 is 10.2 Å². The van der Waals surface area contributed by atoms with Crippen LogP contribution in [0.5, 0.6) is 0 Å². The van der Waals surface area contributed by atoms with Crippen molar-refractivity contribution in [3.63, 3.8) is 0 Å². The number of fused-ring (bicyclic) bond motifs is 1. The molecule has 0 radical (unpaired) electrons. The molecule has 1 heterocycles. The summed E-state index contributed by atoms with van der Waals surface area (Å²) >= 11 is 0. The van der Waals surface area contributed by atoms with E-state index in [9.17, 15) is 0 Å². The van der Waals surface area contributed by atoms with Crippen molar-refractivity contribution in [3.8, 4) is 0 Å². The largest absolute Gasteiger partial charge is 0.424 e. The Hall–Kier alpha value is -1.51. The zero-order valence-corrected chi connectivity index (χ0v) is 9.32. The molecule has 0 aliphatic heterocycles. The molecule has 2 aromatic rings. The molecule has 0 saturated heterocycles. The molecule has 3 nitrogen and oxygen atoms in total. The predicted molar refractivity (Wildman–Crippen MR) is 61.7 cm³/mol. The van der Waals surface area contributed by atoms with Crippen molar-refractivity contribution < 1.29 is 4.42 Å². The van der Waals surface area contributed by atoms with Crippen LogP contribution in [-0.2, 0) is 0 Å². The maximum Gasteiger partial charge on any atom is 0.292 e. The third kappa shape index (κ3) is 1.82. The van der Waals surface area contributed by atoms with E-state index in [1.165, 1.54) is 5.56 Å². The number of nitrogens with two attached hydrogens (primary N) is 1. The highest BCUT2D eigenvalue weighted by atomic mass is 16.4. The van der Waals surface area contributed by atoms with E-state index < -0.39 is 0 Å². The highest BCUT2D eigenvalue weighted by Crippen LogP contribution is 2.27. The monoisotopic (exact) mass is 204 g/mol. The summed E-state index contributed by atoms with van der Waals surface area (Å²) in [7, 11) is 0. The maximum atomic E-state index is 5.50. The second kappa shape index (κ2) is 3.57. The molecule has 0 aliphatic rings. The summed E-state index contributed by atoms with van der Waals surface area (Å²) in [5.74, 6) is 1.14. The van der Waals surface area contributed by atoms with Gasteiger partial charge in [-0.15, -0.1) is 0 Å². The fraction of sp³-hybridized carbons (Fsp3) is 0.417. The molecule has 2 rings (SSSR count). The van der Waals surface area contributed by atoms with Gasteiger partial charge in [0.1, 0.15) is 5.52 Å². The van der Waals surface area contributed by atoms with Crippen LogP contribution in [-0.4, -0.2) is 4.98 Å². The van der Waals surface area contributed by atoms with E-state index in [0.717, 1.165) is 11.1 Å². The fourth-order valence-corrected chi connectivity index (χ4v) is 1.63. The van der Waals surface area contributed by atoms with Crippen LogP contribution in [0, 0.1) is 5.92 Å². The zero-order chi connectivity index (χ0) is 11.0. The molecule has 1 unspecified atom stereocenters.